The summed E-state index contributed by atoms with van der Waals surface area (Å²) in [7, 11) is 0. The van der Waals surface area contributed by atoms with Crippen molar-refractivity contribution in [3.63, 3.8) is 0 Å². The zero-order valence-electron chi connectivity index (χ0n) is 13.2. The molecule has 1 amide bonds. The highest BCUT2D eigenvalue weighted by Gasteiger charge is 2.14. The van der Waals surface area contributed by atoms with Crippen LogP contribution in [0, 0.1) is 12.3 Å². The van der Waals surface area contributed by atoms with E-state index in [-0.39, 0.29) is 12.3 Å². The van der Waals surface area contributed by atoms with E-state index in [9.17, 15) is 4.79 Å². The Hall–Kier alpha value is -3.46. The fourth-order valence-corrected chi connectivity index (χ4v) is 2.02. The van der Waals surface area contributed by atoms with Gasteiger partial charge < -0.3 is 10.1 Å². The van der Waals surface area contributed by atoms with Gasteiger partial charge in [0.05, 0.1) is 17.6 Å². The number of nitrogens with one attached hydrogen (secondary N) is 1. The highest BCUT2D eigenvalue weighted by Crippen LogP contribution is 2.35. The molecule has 120 valence electrons. The number of allylic oxidation sites excluding steroid dienone is 1. The first-order valence-electron chi connectivity index (χ1n) is 7.10. The Morgan fingerprint density at radius 3 is 2.96 bits per heavy atom. The summed E-state index contributed by atoms with van der Waals surface area (Å²) < 4.78 is 5.46. The van der Waals surface area contributed by atoms with Crippen LogP contribution in [0.1, 0.15) is 23.0 Å². The molecule has 24 heavy (non-hydrogen) atoms. The number of aliphatic imine (C=N–C) groups is 1. The number of ether oxygens (including phenoxy) is 1. The number of terminal acetylenes is 1. The lowest BCUT2D eigenvalue weighted by Crippen LogP contribution is -2.14. The Labute approximate surface area is 140 Å². The smallest absolute Gasteiger partial charge is 0.275 e. The van der Waals surface area contributed by atoms with Gasteiger partial charge in [0.2, 0.25) is 0 Å². The van der Waals surface area contributed by atoms with Gasteiger partial charge in [0.15, 0.2) is 0 Å². The van der Waals surface area contributed by atoms with E-state index in [1.807, 2.05) is 19.1 Å². The van der Waals surface area contributed by atoms with Gasteiger partial charge in [-0.15, -0.1) is 6.42 Å². The van der Waals surface area contributed by atoms with Crippen molar-refractivity contribution in [3.05, 3.63) is 48.1 Å². The van der Waals surface area contributed by atoms with Crippen LogP contribution in [0.4, 0.5) is 11.4 Å². The van der Waals surface area contributed by atoms with Crippen LogP contribution in [0.25, 0.3) is 6.08 Å². The van der Waals surface area contributed by atoms with Crippen molar-refractivity contribution >= 4 is 30.1 Å². The molecule has 0 bridgehead atoms. The number of rotatable bonds is 6. The Kier molecular flexibility index (Phi) is 5.81. The van der Waals surface area contributed by atoms with E-state index in [0.717, 1.165) is 5.56 Å². The quantitative estimate of drug-likeness (QED) is 0.655. The zero-order valence-corrected chi connectivity index (χ0v) is 13.2. The number of carbonyl (C=O) groups excluding carboxylic acids is 1. The predicted octanol–water partition coefficient (Wildman–Crippen LogP) is 3.11. The molecular weight excluding hydrogens is 304 g/mol. The van der Waals surface area contributed by atoms with Crippen LogP contribution in [0.3, 0.4) is 0 Å². The second kappa shape index (κ2) is 8.25. The lowest BCUT2D eigenvalue weighted by Gasteiger charge is -2.13. The van der Waals surface area contributed by atoms with Gasteiger partial charge in [-0.25, -0.2) is 4.98 Å². The average molecular weight is 320 g/mol. The van der Waals surface area contributed by atoms with Crippen molar-refractivity contribution in [1.82, 2.24) is 9.97 Å². The Bertz CT molecular complexity index is 808. The van der Waals surface area contributed by atoms with Gasteiger partial charge in [-0.2, -0.15) is 0 Å². The van der Waals surface area contributed by atoms with E-state index < -0.39 is 5.91 Å². The molecule has 1 aromatic heterocycles. The molecule has 0 aliphatic carbocycles. The number of benzene rings is 1. The van der Waals surface area contributed by atoms with Crippen LogP contribution >= 0.6 is 0 Å². The maximum absolute atomic E-state index is 12.3. The third kappa shape index (κ3) is 4.05. The van der Waals surface area contributed by atoms with E-state index in [4.69, 9.17) is 11.2 Å². The summed E-state index contributed by atoms with van der Waals surface area (Å²) in [4.78, 5) is 24.2. The van der Waals surface area contributed by atoms with Gasteiger partial charge in [-0.3, -0.25) is 14.8 Å². The van der Waals surface area contributed by atoms with Gasteiger partial charge in [-0.05, 0) is 19.7 Å². The topological polar surface area (TPSA) is 76.5 Å². The number of hydrogen-bond acceptors (Lipinski definition) is 5. The van der Waals surface area contributed by atoms with Gasteiger partial charge in [-0.1, -0.05) is 18.1 Å². The van der Waals surface area contributed by atoms with Gasteiger partial charge in [0, 0.05) is 24.0 Å². The molecular formula is C18H16N4O2. The molecule has 1 heterocycles. The highest BCUT2D eigenvalue weighted by molar-refractivity contribution is 6.05. The lowest BCUT2D eigenvalue weighted by atomic mass is 10.1. The fourth-order valence-electron chi connectivity index (χ4n) is 2.02. The lowest BCUT2D eigenvalue weighted by molar-refractivity contribution is 0.102. The molecule has 0 fully saturated rings. The average Bonchev–Trinajstić information content (AvgIpc) is 2.61. The number of aromatic nitrogens is 2. The standard InChI is InChI=1S/C18H16N4O2/c1-4-6-13-10-14(24-9-5-2)11-15(17(13)19-3)22-18(23)16-12-20-7-8-21-16/h2,4,6-8,10-12H,3,9H2,1H3,(H,22,23)/b6-4-. The van der Waals surface area contributed by atoms with Crippen LogP contribution in [-0.2, 0) is 0 Å². The minimum atomic E-state index is -0.409. The van der Waals surface area contributed by atoms with E-state index in [2.05, 4.69) is 32.9 Å². The summed E-state index contributed by atoms with van der Waals surface area (Å²) in [5.41, 5.74) is 1.91. The first kappa shape index (κ1) is 16.9. The molecule has 0 spiro atoms. The van der Waals surface area contributed by atoms with Crippen LogP contribution in [0.2, 0.25) is 0 Å². The molecule has 0 saturated carbocycles. The Balaban J connectivity index is 2.42. The molecule has 6 heteroatoms. The molecule has 0 unspecified atom stereocenters. The molecule has 1 aromatic carbocycles. The number of anilines is 1. The Morgan fingerprint density at radius 2 is 2.33 bits per heavy atom. The normalized spacial score (nSPS) is 10.2. The first-order valence-corrected chi connectivity index (χ1v) is 7.10. The molecule has 2 aromatic rings. The van der Waals surface area contributed by atoms with E-state index in [1.165, 1.54) is 18.6 Å². The van der Waals surface area contributed by atoms with Crippen LogP contribution < -0.4 is 10.1 Å². The van der Waals surface area contributed by atoms with E-state index >= 15 is 0 Å². The summed E-state index contributed by atoms with van der Waals surface area (Å²) in [5.74, 6) is 2.51. The molecule has 0 aliphatic rings. The number of nitrogens with zero attached hydrogens (tertiary/aromatic N) is 3. The molecule has 0 saturated heterocycles. The van der Waals surface area contributed by atoms with Gasteiger partial charge >= 0.3 is 0 Å². The van der Waals surface area contributed by atoms with Crippen LogP contribution in [-0.4, -0.2) is 29.2 Å². The number of amides is 1. The summed E-state index contributed by atoms with van der Waals surface area (Å²) in [5, 5.41) is 2.75. The van der Waals surface area contributed by atoms with Crippen molar-refractivity contribution < 1.29 is 9.53 Å². The summed E-state index contributed by atoms with van der Waals surface area (Å²) in [6.45, 7) is 5.56. The SMILES string of the molecule is C#CCOc1cc(/C=C\C)c(N=C)c(NC(=O)c2cnccn2)c1. The van der Waals surface area contributed by atoms with Crippen LogP contribution in [0.5, 0.6) is 5.75 Å². The monoisotopic (exact) mass is 320 g/mol. The molecule has 0 aliphatic heterocycles. The van der Waals surface area contributed by atoms with Gasteiger partial charge in [0.1, 0.15) is 18.1 Å². The second-order valence-corrected chi connectivity index (χ2v) is 4.60. The number of carbonyl (C=O) groups is 1. The highest BCUT2D eigenvalue weighted by atomic mass is 16.5. The second-order valence-electron chi connectivity index (χ2n) is 4.60. The molecule has 6 nitrogen and oxygen atoms in total. The number of hydrogen-bond donors (Lipinski definition) is 1. The maximum Gasteiger partial charge on any atom is 0.275 e. The maximum atomic E-state index is 12.3. The summed E-state index contributed by atoms with van der Waals surface area (Å²) >= 11 is 0. The van der Waals surface area contributed by atoms with Gasteiger partial charge in [0.25, 0.3) is 5.91 Å². The summed E-state index contributed by atoms with van der Waals surface area (Å²) in [6.07, 6.45) is 13.2. The largest absolute Gasteiger partial charge is 0.481 e. The van der Waals surface area contributed by atoms with Crippen molar-refractivity contribution in [2.75, 3.05) is 11.9 Å². The zero-order chi connectivity index (χ0) is 17.4. The van der Waals surface area contributed by atoms with Crippen molar-refractivity contribution in [2.24, 2.45) is 4.99 Å². The first-order chi connectivity index (χ1) is 11.7. The van der Waals surface area contributed by atoms with Crippen LogP contribution in [0.15, 0.2) is 41.8 Å². The summed E-state index contributed by atoms with van der Waals surface area (Å²) in [6, 6.07) is 3.42. The fraction of sp³-hybridized carbons (Fsp3) is 0.111. The molecule has 2 rings (SSSR count). The predicted molar refractivity (Wildman–Crippen MR) is 94.7 cm³/mol. The van der Waals surface area contributed by atoms with Crippen molar-refractivity contribution in [3.8, 4) is 18.1 Å². The minimum Gasteiger partial charge on any atom is -0.481 e. The van der Waals surface area contributed by atoms with Crippen molar-refractivity contribution in [2.45, 2.75) is 6.92 Å². The third-order valence-electron chi connectivity index (χ3n) is 2.98. The molecule has 1 N–H and O–H groups in total. The third-order valence-corrected chi connectivity index (χ3v) is 2.98. The van der Waals surface area contributed by atoms with E-state index in [1.54, 1.807) is 12.1 Å². The minimum absolute atomic E-state index is 0.119. The van der Waals surface area contributed by atoms with E-state index in [0.29, 0.717) is 17.1 Å². The molecule has 0 radical (unpaired) electrons. The Morgan fingerprint density at radius 1 is 1.50 bits per heavy atom. The molecule has 0 atom stereocenters. The van der Waals surface area contributed by atoms with Crippen molar-refractivity contribution in [1.29, 1.82) is 0 Å².